The zero-order valence-electron chi connectivity index (χ0n) is 16.3. The van der Waals surface area contributed by atoms with Crippen molar-refractivity contribution in [1.29, 1.82) is 0 Å². The molecule has 142 valence electrons. The van der Waals surface area contributed by atoms with Crippen LogP contribution in [0, 0.1) is 40.4 Å². The molecule has 4 rings (SSSR count). The van der Waals surface area contributed by atoms with Crippen molar-refractivity contribution in [2.45, 2.75) is 65.3 Å². The van der Waals surface area contributed by atoms with E-state index >= 15 is 0 Å². The zero-order chi connectivity index (χ0) is 18.0. The van der Waals surface area contributed by atoms with E-state index in [9.17, 15) is 9.90 Å². The molecular formula is C21H35NO3. The molecule has 4 aliphatic rings. The average Bonchev–Trinajstić information content (AvgIpc) is 2.95. The molecule has 4 fully saturated rings. The monoisotopic (exact) mass is 349 g/mol. The van der Waals surface area contributed by atoms with Crippen molar-refractivity contribution in [3.63, 3.8) is 0 Å². The lowest BCUT2D eigenvalue weighted by atomic mass is 9.47. The number of aliphatic hydroxyl groups is 1. The summed E-state index contributed by atoms with van der Waals surface area (Å²) in [4.78, 5) is 13.9. The van der Waals surface area contributed by atoms with Crippen LogP contribution in [-0.2, 0) is 4.74 Å². The Bertz CT molecular complexity index is 551. The summed E-state index contributed by atoms with van der Waals surface area (Å²) in [6, 6.07) is 0.341. The van der Waals surface area contributed by atoms with Crippen molar-refractivity contribution in [3.05, 3.63) is 0 Å². The van der Waals surface area contributed by atoms with Gasteiger partial charge < -0.3 is 14.7 Å². The molecule has 0 radical (unpaired) electrons. The highest BCUT2D eigenvalue weighted by molar-refractivity contribution is 5.68. The first-order valence-corrected chi connectivity index (χ1v) is 10.3. The van der Waals surface area contributed by atoms with Gasteiger partial charge in [-0.2, -0.15) is 0 Å². The first kappa shape index (κ1) is 17.6. The molecule has 1 amide bonds. The van der Waals surface area contributed by atoms with Gasteiger partial charge in [-0.05, 0) is 73.5 Å². The second-order valence-corrected chi connectivity index (χ2v) is 10.0. The fraction of sp³-hybridized carbons (Fsp3) is 0.952. The van der Waals surface area contributed by atoms with Crippen molar-refractivity contribution in [2.75, 3.05) is 20.3 Å². The predicted molar refractivity (Wildman–Crippen MR) is 97.0 cm³/mol. The largest absolute Gasteiger partial charge is 0.449 e. The first-order chi connectivity index (χ1) is 11.8. The number of hydrogen-bond donors (Lipinski definition) is 1. The van der Waals surface area contributed by atoms with Gasteiger partial charge in [-0.15, -0.1) is 0 Å². The van der Waals surface area contributed by atoms with E-state index in [4.69, 9.17) is 4.74 Å². The molecule has 1 saturated heterocycles. The summed E-state index contributed by atoms with van der Waals surface area (Å²) in [5.74, 6) is 3.30. The quantitative estimate of drug-likeness (QED) is 0.822. The maximum absolute atomic E-state index is 12.0. The number of aliphatic hydroxyl groups excluding tert-OH is 1. The van der Waals surface area contributed by atoms with Gasteiger partial charge in [0.05, 0.1) is 0 Å². The Labute approximate surface area is 152 Å². The number of cyclic esters (lactones) is 1. The molecular weight excluding hydrogens is 314 g/mol. The Hall–Kier alpha value is -0.770. The Kier molecular flexibility index (Phi) is 4.14. The minimum atomic E-state index is -0.140. The Morgan fingerprint density at radius 1 is 1.16 bits per heavy atom. The number of carbonyl (C=O) groups excluding carboxylic acids is 1. The molecule has 3 saturated carbocycles. The molecule has 25 heavy (non-hydrogen) atoms. The van der Waals surface area contributed by atoms with Crippen molar-refractivity contribution in [3.8, 4) is 0 Å². The summed E-state index contributed by atoms with van der Waals surface area (Å²) in [6.07, 6.45) is 7.36. The van der Waals surface area contributed by atoms with E-state index in [-0.39, 0.29) is 11.5 Å². The van der Waals surface area contributed by atoms with Crippen LogP contribution in [0.2, 0.25) is 0 Å². The van der Waals surface area contributed by atoms with Crippen molar-refractivity contribution in [2.24, 2.45) is 40.4 Å². The van der Waals surface area contributed by atoms with Gasteiger partial charge in [0.1, 0.15) is 6.61 Å². The summed E-state index contributed by atoms with van der Waals surface area (Å²) >= 11 is 0. The van der Waals surface area contributed by atoms with Crippen LogP contribution in [0.15, 0.2) is 0 Å². The van der Waals surface area contributed by atoms with E-state index < -0.39 is 0 Å². The lowest BCUT2D eigenvalue weighted by Crippen LogP contribution is -2.63. The number of carbonyl (C=O) groups is 1. The van der Waals surface area contributed by atoms with Gasteiger partial charge >= 0.3 is 6.09 Å². The first-order valence-electron chi connectivity index (χ1n) is 10.3. The topological polar surface area (TPSA) is 49.8 Å². The third-order valence-electron chi connectivity index (χ3n) is 9.13. The van der Waals surface area contributed by atoms with E-state index in [0.717, 1.165) is 18.3 Å². The van der Waals surface area contributed by atoms with E-state index in [0.29, 0.717) is 42.4 Å². The van der Waals surface area contributed by atoms with E-state index in [1.54, 1.807) is 0 Å². The van der Waals surface area contributed by atoms with Crippen molar-refractivity contribution < 1.29 is 14.6 Å². The summed E-state index contributed by atoms with van der Waals surface area (Å²) in [5, 5.41) is 9.73. The summed E-state index contributed by atoms with van der Waals surface area (Å²) < 4.78 is 5.58. The number of amides is 1. The van der Waals surface area contributed by atoms with E-state index in [1.165, 1.54) is 32.1 Å². The van der Waals surface area contributed by atoms with Crippen LogP contribution in [0.5, 0.6) is 0 Å². The van der Waals surface area contributed by atoms with Gasteiger partial charge in [-0.1, -0.05) is 20.8 Å². The lowest BCUT2D eigenvalue weighted by Gasteiger charge is -2.61. The Balaban J connectivity index is 1.61. The highest BCUT2D eigenvalue weighted by atomic mass is 16.6. The average molecular weight is 350 g/mol. The van der Waals surface area contributed by atoms with Crippen LogP contribution in [-0.4, -0.2) is 42.4 Å². The highest BCUT2D eigenvalue weighted by Crippen LogP contribution is 2.66. The number of hydrogen-bond acceptors (Lipinski definition) is 3. The summed E-state index contributed by atoms with van der Waals surface area (Å²) in [6.45, 7) is 8.05. The smallest absolute Gasteiger partial charge is 0.409 e. The molecule has 0 aromatic heterocycles. The maximum atomic E-state index is 12.0. The molecule has 0 aromatic carbocycles. The van der Waals surface area contributed by atoms with Gasteiger partial charge in [-0.3, -0.25) is 0 Å². The van der Waals surface area contributed by atoms with Gasteiger partial charge in [0.2, 0.25) is 0 Å². The molecule has 7 unspecified atom stereocenters. The van der Waals surface area contributed by atoms with Crippen molar-refractivity contribution in [1.82, 2.24) is 4.90 Å². The lowest BCUT2D eigenvalue weighted by molar-refractivity contribution is -0.145. The van der Waals surface area contributed by atoms with Crippen LogP contribution in [0.4, 0.5) is 4.79 Å². The maximum Gasteiger partial charge on any atom is 0.409 e. The van der Waals surface area contributed by atoms with Gasteiger partial charge in [0.15, 0.2) is 0 Å². The third kappa shape index (κ3) is 2.32. The van der Waals surface area contributed by atoms with Gasteiger partial charge in [0.25, 0.3) is 0 Å². The van der Waals surface area contributed by atoms with Crippen LogP contribution >= 0.6 is 0 Å². The SMILES string of the molecule is CC(CO)C1CCC2C3CC[C@H]4N(C)C(=O)OCC4(C)C3CCC12C. The Morgan fingerprint density at radius 2 is 1.88 bits per heavy atom. The second-order valence-electron chi connectivity index (χ2n) is 10.0. The third-order valence-corrected chi connectivity index (χ3v) is 9.13. The predicted octanol–water partition coefficient (Wildman–Crippen LogP) is 3.92. The number of rotatable bonds is 2. The molecule has 1 heterocycles. The fourth-order valence-corrected chi connectivity index (χ4v) is 7.82. The number of fused-ring (bicyclic) bond motifs is 5. The summed E-state index contributed by atoms with van der Waals surface area (Å²) in [5.41, 5.74) is 0.497. The van der Waals surface area contributed by atoms with Crippen LogP contribution in [0.1, 0.15) is 59.3 Å². The number of ether oxygens (including phenoxy) is 1. The minimum absolute atomic E-state index is 0.105. The zero-order valence-corrected chi connectivity index (χ0v) is 16.3. The molecule has 4 nitrogen and oxygen atoms in total. The van der Waals surface area contributed by atoms with Crippen LogP contribution < -0.4 is 0 Å². The van der Waals surface area contributed by atoms with Gasteiger partial charge in [0, 0.05) is 25.1 Å². The molecule has 8 atom stereocenters. The molecule has 1 aliphatic heterocycles. The molecule has 4 heteroatoms. The van der Waals surface area contributed by atoms with Crippen LogP contribution in [0.3, 0.4) is 0 Å². The van der Waals surface area contributed by atoms with Gasteiger partial charge in [-0.25, -0.2) is 4.79 Å². The second kappa shape index (κ2) is 5.87. The highest BCUT2D eigenvalue weighted by Gasteiger charge is 2.62. The number of nitrogens with zero attached hydrogens (tertiary/aromatic N) is 1. The minimum Gasteiger partial charge on any atom is -0.449 e. The molecule has 3 aliphatic carbocycles. The van der Waals surface area contributed by atoms with Crippen molar-refractivity contribution >= 4 is 6.09 Å². The fourth-order valence-electron chi connectivity index (χ4n) is 7.82. The van der Waals surface area contributed by atoms with E-state index in [2.05, 4.69) is 20.8 Å². The Morgan fingerprint density at radius 3 is 2.60 bits per heavy atom. The normalized spacial score (nSPS) is 50.5. The summed E-state index contributed by atoms with van der Waals surface area (Å²) in [7, 11) is 1.92. The standard InChI is InChI=1S/C21H35NO3/c1-13(11-23)15-6-7-16-14-5-8-18-21(3,12-25-19(24)22(18)4)17(14)9-10-20(15,16)2/h13-18,23H,5-12H2,1-4H3/t13?,14?,15?,16?,17?,18-,20?,21?/m1/s1. The molecule has 0 aromatic rings. The van der Waals surface area contributed by atoms with E-state index in [1.807, 2.05) is 11.9 Å². The molecule has 0 spiro atoms. The molecule has 1 N–H and O–H groups in total. The molecule has 0 bridgehead atoms. The van der Waals surface area contributed by atoms with Crippen LogP contribution in [0.25, 0.3) is 0 Å².